The highest BCUT2D eigenvalue weighted by molar-refractivity contribution is 8.68. The predicted molar refractivity (Wildman–Crippen MR) is 38.7 cm³/mol. The first-order valence-corrected chi connectivity index (χ1v) is 3.93. The van der Waals surface area contributed by atoms with E-state index in [1.54, 1.807) is 0 Å². The Balaban J connectivity index is 2.83. The molecule has 8 heavy (non-hydrogen) atoms. The third kappa shape index (κ3) is 1.46. The van der Waals surface area contributed by atoms with Gasteiger partial charge in [0.05, 0.1) is 0 Å². The highest BCUT2D eigenvalue weighted by atomic mass is 33.1. The van der Waals surface area contributed by atoms with E-state index in [0.717, 1.165) is 4.90 Å². The Labute approximate surface area is 58.1 Å². The molecule has 0 unspecified atom stereocenters. The van der Waals surface area contributed by atoms with Crippen molar-refractivity contribution in [1.82, 2.24) is 0 Å². The van der Waals surface area contributed by atoms with Crippen LogP contribution < -0.4 is 0 Å². The summed E-state index contributed by atoms with van der Waals surface area (Å²) in [5.74, 6) is 0. The normalized spacial score (nSPS) is 9.12. The van der Waals surface area contributed by atoms with Crippen LogP contribution in [0.25, 0.3) is 0 Å². The first-order valence-electron chi connectivity index (χ1n) is 2.19. The molecule has 0 aliphatic rings. The monoisotopic (exact) mass is 140 g/mol. The van der Waals surface area contributed by atoms with Gasteiger partial charge in [-0.15, -0.1) is 0 Å². The lowest BCUT2D eigenvalue weighted by Crippen LogP contribution is -1.60. The zero-order valence-corrected chi connectivity index (χ0v) is 5.76. The van der Waals surface area contributed by atoms with E-state index in [-0.39, 0.29) is 0 Å². The average Bonchev–Trinajstić information content (AvgIpc) is 1.90. The van der Waals surface area contributed by atoms with Crippen LogP contribution in [0.2, 0.25) is 0 Å². The fourth-order valence-corrected chi connectivity index (χ4v) is 1.01. The number of hydrogen-bond acceptors (Lipinski definition) is 1. The molecular formula is C6H4S2. The maximum Gasteiger partial charge on any atom is 0.0191 e. The molecule has 1 aromatic carbocycles. The molecule has 1 aromatic rings. The Bertz CT molecular complexity index is 148. The van der Waals surface area contributed by atoms with Gasteiger partial charge in [0.15, 0.2) is 0 Å². The highest BCUT2D eigenvalue weighted by Crippen LogP contribution is 2.19. The van der Waals surface area contributed by atoms with Crippen molar-refractivity contribution in [3.63, 3.8) is 0 Å². The van der Waals surface area contributed by atoms with E-state index in [1.165, 1.54) is 10.8 Å². The summed E-state index contributed by atoms with van der Waals surface area (Å²) in [5, 5.41) is 0. The maximum absolute atomic E-state index is 4.72. The van der Waals surface area contributed by atoms with Crippen LogP contribution in [0.3, 0.4) is 0 Å². The third-order valence-electron chi connectivity index (χ3n) is 0.784. The lowest BCUT2D eigenvalue weighted by molar-refractivity contribution is 1.47. The Hall–Kier alpha value is -0.0800. The largest absolute Gasteiger partial charge is 0.0532 e. The first kappa shape index (κ1) is 6.05. The summed E-state index contributed by atoms with van der Waals surface area (Å²) in [4.78, 5) is 1.11. The summed E-state index contributed by atoms with van der Waals surface area (Å²) in [6.45, 7) is 0. The summed E-state index contributed by atoms with van der Waals surface area (Å²) < 4.78 is 0. The number of benzene rings is 1. The minimum atomic E-state index is 1.11. The molecule has 0 bridgehead atoms. The van der Waals surface area contributed by atoms with Gasteiger partial charge in [0.2, 0.25) is 0 Å². The molecule has 0 spiro atoms. The summed E-state index contributed by atoms with van der Waals surface area (Å²) in [6, 6.07) is 10.5. The second kappa shape index (κ2) is 3.05. The molecule has 0 saturated carbocycles. The van der Waals surface area contributed by atoms with Crippen LogP contribution in [-0.2, 0) is 0 Å². The van der Waals surface area contributed by atoms with Crippen molar-refractivity contribution in [2.24, 2.45) is 0 Å². The van der Waals surface area contributed by atoms with E-state index in [9.17, 15) is 0 Å². The van der Waals surface area contributed by atoms with Gasteiger partial charge in [0.1, 0.15) is 0 Å². The van der Waals surface area contributed by atoms with Gasteiger partial charge in [-0.3, -0.25) is 0 Å². The molecule has 0 aromatic heterocycles. The summed E-state index contributed by atoms with van der Waals surface area (Å²) in [6.07, 6.45) is 0. The van der Waals surface area contributed by atoms with Gasteiger partial charge < -0.3 is 0 Å². The van der Waals surface area contributed by atoms with Gasteiger partial charge in [-0.1, -0.05) is 12.1 Å². The van der Waals surface area contributed by atoms with E-state index in [2.05, 4.69) is 6.07 Å². The van der Waals surface area contributed by atoms with Crippen molar-refractivity contribution in [3.8, 4) is 0 Å². The highest BCUT2D eigenvalue weighted by Gasteiger charge is 1.82. The molecular weight excluding hydrogens is 136 g/mol. The van der Waals surface area contributed by atoms with Crippen LogP contribution in [-0.4, -0.2) is 0 Å². The third-order valence-corrected chi connectivity index (χ3v) is 1.83. The molecule has 40 valence electrons. The summed E-state index contributed by atoms with van der Waals surface area (Å²) in [7, 11) is 1.33. The Morgan fingerprint density at radius 3 is 2.38 bits per heavy atom. The Morgan fingerprint density at radius 1 is 1.38 bits per heavy atom. The smallest absolute Gasteiger partial charge is 0.0191 e. The molecule has 0 atom stereocenters. The molecule has 0 amide bonds. The van der Waals surface area contributed by atoms with Gasteiger partial charge >= 0.3 is 0 Å². The minimum Gasteiger partial charge on any atom is -0.0532 e. The quantitative estimate of drug-likeness (QED) is 0.540. The molecule has 0 aliphatic carbocycles. The van der Waals surface area contributed by atoms with Crippen LogP contribution in [0.4, 0.5) is 0 Å². The molecule has 1 rings (SSSR count). The van der Waals surface area contributed by atoms with E-state index in [4.69, 9.17) is 11.7 Å². The zero-order chi connectivity index (χ0) is 5.82. The van der Waals surface area contributed by atoms with Crippen molar-refractivity contribution >= 4 is 22.5 Å². The van der Waals surface area contributed by atoms with Gasteiger partial charge in [-0.05, 0) is 40.7 Å². The first-order chi connectivity index (χ1) is 3.93. The molecule has 0 fully saturated rings. The molecule has 0 aliphatic heterocycles. The van der Waals surface area contributed by atoms with Crippen LogP contribution >= 0.6 is 22.5 Å². The van der Waals surface area contributed by atoms with Crippen LogP contribution in [0.5, 0.6) is 0 Å². The van der Waals surface area contributed by atoms with E-state index in [1.807, 2.05) is 24.3 Å². The molecule has 2 radical (unpaired) electrons. The van der Waals surface area contributed by atoms with Crippen LogP contribution in [0, 0.1) is 6.07 Å². The Morgan fingerprint density at radius 2 is 2.00 bits per heavy atom. The zero-order valence-electron chi connectivity index (χ0n) is 4.13. The van der Waals surface area contributed by atoms with Gasteiger partial charge in [-0.2, -0.15) is 0 Å². The van der Waals surface area contributed by atoms with Crippen molar-refractivity contribution in [2.45, 2.75) is 4.90 Å². The molecule has 0 heterocycles. The second-order valence-corrected chi connectivity index (χ2v) is 2.46. The van der Waals surface area contributed by atoms with E-state index < -0.39 is 0 Å². The average molecular weight is 140 g/mol. The minimum absolute atomic E-state index is 1.11. The molecule has 0 saturated heterocycles. The number of rotatable bonds is 1. The van der Waals surface area contributed by atoms with Crippen LogP contribution in [0.15, 0.2) is 29.2 Å². The van der Waals surface area contributed by atoms with Gasteiger partial charge in [-0.25, -0.2) is 0 Å². The van der Waals surface area contributed by atoms with Crippen molar-refractivity contribution in [2.75, 3.05) is 0 Å². The summed E-state index contributed by atoms with van der Waals surface area (Å²) in [5.41, 5.74) is 0. The van der Waals surface area contributed by atoms with E-state index >= 15 is 0 Å². The van der Waals surface area contributed by atoms with Crippen molar-refractivity contribution in [3.05, 3.63) is 30.3 Å². The maximum atomic E-state index is 4.72. The number of hydrogen-bond donors (Lipinski definition) is 0. The molecule has 0 N–H and O–H groups in total. The fraction of sp³-hybridized carbons (Fsp3) is 0. The van der Waals surface area contributed by atoms with Gasteiger partial charge in [0, 0.05) is 4.90 Å². The van der Waals surface area contributed by atoms with E-state index in [0.29, 0.717) is 0 Å². The Kier molecular flexibility index (Phi) is 2.30. The predicted octanol–water partition coefficient (Wildman–Crippen LogP) is 2.69. The van der Waals surface area contributed by atoms with Gasteiger partial charge in [0.25, 0.3) is 0 Å². The SMILES string of the molecule is [S]Sc1cc[c]cc1. The molecule has 2 heteroatoms. The topological polar surface area (TPSA) is 0 Å². The second-order valence-electron chi connectivity index (χ2n) is 1.32. The van der Waals surface area contributed by atoms with Crippen molar-refractivity contribution < 1.29 is 0 Å². The standard InChI is InChI=1S/C6H4S2/c7-8-6-4-2-1-3-5-6/h2-5H. The van der Waals surface area contributed by atoms with Crippen molar-refractivity contribution in [1.29, 1.82) is 0 Å². The fourth-order valence-electron chi connectivity index (χ4n) is 0.427. The lowest BCUT2D eigenvalue weighted by Gasteiger charge is -1.86. The molecule has 0 nitrogen and oxygen atoms in total. The van der Waals surface area contributed by atoms with Crippen LogP contribution in [0.1, 0.15) is 0 Å². The summed E-state index contributed by atoms with van der Waals surface area (Å²) >= 11 is 4.72. The lowest BCUT2D eigenvalue weighted by atomic mass is 10.4.